The Morgan fingerprint density at radius 3 is 2.58 bits per heavy atom. The van der Waals surface area contributed by atoms with Crippen molar-refractivity contribution >= 4 is 11.6 Å². The molecule has 1 aromatic carbocycles. The maximum Gasteiger partial charge on any atom is 0.188 e. The van der Waals surface area contributed by atoms with E-state index < -0.39 is 0 Å². The topological polar surface area (TPSA) is 39.7 Å². The molecule has 0 spiro atoms. The van der Waals surface area contributed by atoms with Crippen molar-refractivity contribution in [3.05, 3.63) is 22.7 Å². The molecule has 0 bridgehead atoms. The maximum atomic E-state index is 6.08. The molecule has 4 nitrogen and oxygen atoms in total. The van der Waals surface area contributed by atoms with Crippen LogP contribution in [0.5, 0.6) is 11.5 Å². The van der Waals surface area contributed by atoms with Gasteiger partial charge in [0.25, 0.3) is 0 Å². The van der Waals surface area contributed by atoms with Gasteiger partial charge in [0, 0.05) is 30.3 Å². The Labute approximate surface area is 120 Å². The molecule has 0 unspecified atom stereocenters. The number of ether oxygens (including phenoxy) is 3. The van der Waals surface area contributed by atoms with Crippen LogP contribution in [0.3, 0.4) is 0 Å². The molecule has 1 rings (SSSR count). The summed E-state index contributed by atoms with van der Waals surface area (Å²) in [4.78, 5) is 0. The molecule has 19 heavy (non-hydrogen) atoms. The van der Waals surface area contributed by atoms with E-state index in [1.54, 1.807) is 20.3 Å². The van der Waals surface area contributed by atoms with E-state index in [9.17, 15) is 0 Å². The number of benzene rings is 1. The highest BCUT2D eigenvalue weighted by Crippen LogP contribution is 2.34. The third kappa shape index (κ3) is 5.27. The van der Waals surface area contributed by atoms with Gasteiger partial charge in [-0.05, 0) is 18.5 Å². The fraction of sp³-hybridized carbons (Fsp3) is 0.571. The number of rotatable bonds is 8. The highest BCUT2D eigenvalue weighted by Gasteiger charge is 2.13. The Hall–Kier alpha value is -0.970. The third-order valence-corrected chi connectivity index (χ3v) is 2.72. The second kappa shape index (κ2) is 8.25. The summed E-state index contributed by atoms with van der Waals surface area (Å²) in [6, 6.07) is 3.61. The van der Waals surface area contributed by atoms with Crippen LogP contribution in [0.1, 0.15) is 19.4 Å². The smallest absolute Gasteiger partial charge is 0.188 e. The molecule has 0 radical (unpaired) electrons. The number of halogens is 1. The van der Waals surface area contributed by atoms with Crippen molar-refractivity contribution in [2.45, 2.75) is 20.4 Å². The lowest BCUT2D eigenvalue weighted by molar-refractivity contribution is 0.0483. The molecular formula is C14H22ClNO3. The van der Waals surface area contributed by atoms with Crippen molar-refractivity contribution < 1.29 is 14.2 Å². The molecule has 0 aliphatic rings. The molecule has 0 saturated carbocycles. The van der Waals surface area contributed by atoms with Crippen LogP contribution in [0, 0.1) is 5.92 Å². The van der Waals surface area contributed by atoms with Gasteiger partial charge in [0.2, 0.25) is 0 Å². The average Bonchev–Trinajstić information content (AvgIpc) is 2.36. The summed E-state index contributed by atoms with van der Waals surface area (Å²) in [6.45, 7) is 6.10. The predicted octanol–water partition coefficient (Wildman–Crippen LogP) is 3.08. The first-order valence-electron chi connectivity index (χ1n) is 6.27. The van der Waals surface area contributed by atoms with Crippen molar-refractivity contribution in [3.8, 4) is 11.5 Å². The van der Waals surface area contributed by atoms with Gasteiger partial charge in [-0.3, -0.25) is 0 Å². The zero-order valence-electron chi connectivity index (χ0n) is 12.0. The van der Waals surface area contributed by atoms with Gasteiger partial charge in [-0.1, -0.05) is 25.4 Å². The van der Waals surface area contributed by atoms with Gasteiger partial charge in [-0.25, -0.2) is 0 Å². The molecule has 0 amide bonds. The van der Waals surface area contributed by atoms with E-state index in [0.717, 1.165) is 12.1 Å². The molecule has 0 fully saturated rings. The second-order valence-corrected chi connectivity index (χ2v) is 5.11. The molecule has 1 aromatic rings. The van der Waals surface area contributed by atoms with Crippen molar-refractivity contribution in [2.24, 2.45) is 5.92 Å². The van der Waals surface area contributed by atoms with Crippen LogP contribution in [0.15, 0.2) is 12.1 Å². The van der Waals surface area contributed by atoms with Gasteiger partial charge in [0.15, 0.2) is 18.3 Å². The Morgan fingerprint density at radius 2 is 2.00 bits per heavy atom. The van der Waals surface area contributed by atoms with Crippen LogP contribution in [0.25, 0.3) is 0 Å². The maximum absolute atomic E-state index is 6.08. The molecule has 0 heterocycles. The minimum Gasteiger partial charge on any atom is -0.493 e. The van der Waals surface area contributed by atoms with Crippen LogP contribution in [-0.2, 0) is 11.3 Å². The van der Waals surface area contributed by atoms with Gasteiger partial charge in [0.1, 0.15) is 0 Å². The predicted molar refractivity (Wildman–Crippen MR) is 77.1 cm³/mol. The SMILES string of the molecule is COCOc1c(CNCC(C)C)cc(Cl)cc1OC. The third-order valence-electron chi connectivity index (χ3n) is 2.51. The second-order valence-electron chi connectivity index (χ2n) is 4.67. The zero-order chi connectivity index (χ0) is 14.3. The average molecular weight is 288 g/mol. The van der Waals surface area contributed by atoms with E-state index in [1.165, 1.54) is 0 Å². The fourth-order valence-corrected chi connectivity index (χ4v) is 1.91. The highest BCUT2D eigenvalue weighted by atomic mass is 35.5. The Bertz CT molecular complexity index is 397. The van der Waals surface area contributed by atoms with Crippen LogP contribution in [0.4, 0.5) is 0 Å². The molecule has 0 aliphatic carbocycles. The minimum absolute atomic E-state index is 0.176. The molecule has 0 aliphatic heterocycles. The van der Waals surface area contributed by atoms with Gasteiger partial charge in [0.05, 0.1) is 7.11 Å². The van der Waals surface area contributed by atoms with Gasteiger partial charge in [-0.2, -0.15) is 0 Å². The van der Waals surface area contributed by atoms with Crippen LogP contribution in [-0.4, -0.2) is 27.6 Å². The lowest BCUT2D eigenvalue weighted by Crippen LogP contribution is -2.19. The normalized spacial score (nSPS) is 10.8. The highest BCUT2D eigenvalue weighted by molar-refractivity contribution is 6.30. The Kier molecular flexibility index (Phi) is 6.99. The Balaban J connectivity index is 2.88. The summed E-state index contributed by atoms with van der Waals surface area (Å²) in [5.74, 6) is 1.88. The largest absolute Gasteiger partial charge is 0.493 e. The fourth-order valence-electron chi connectivity index (χ4n) is 1.68. The standard InChI is InChI=1S/C14H22ClNO3/c1-10(2)7-16-8-11-5-12(15)6-13(18-4)14(11)19-9-17-3/h5-6,10,16H,7-9H2,1-4H3. The van der Waals surface area contributed by atoms with E-state index >= 15 is 0 Å². The number of nitrogens with one attached hydrogen (secondary N) is 1. The molecule has 0 aromatic heterocycles. The molecule has 1 N–H and O–H groups in total. The summed E-state index contributed by atoms with van der Waals surface area (Å²) >= 11 is 6.08. The van der Waals surface area contributed by atoms with Crippen molar-refractivity contribution in [1.82, 2.24) is 5.32 Å². The quantitative estimate of drug-likeness (QED) is 0.746. The van der Waals surface area contributed by atoms with Gasteiger partial charge in [-0.15, -0.1) is 0 Å². The lowest BCUT2D eigenvalue weighted by Gasteiger charge is -2.16. The molecular weight excluding hydrogens is 266 g/mol. The van der Waals surface area contributed by atoms with E-state index in [0.29, 0.717) is 29.0 Å². The van der Waals surface area contributed by atoms with E-state index in [2.05, 4.69) is 19.2 Å². The number of methoxy groups -OCH3 is 2. The van der Waals surface area contributed by atoms with Crippen LogP contribution < -0.4 is 14.8 Å². The number of hydrogen-bond donors (Lipinski definition) is 1. The molecule has 108 valence electrons. The van der Waals surface area contributed by atoms with E-state index in [1.807, 2.05) is 6.07 Å². The molecule has 0 atom stereocenters. The lowest BCUT2D eigenvalue weighted by atomic mass is 10.1. The van der Waals surface area contributed by atoms with Crippen molar-refractivity contribution in [3.63, 3.8) is 0 Å². The van der Waals surface area contributed by atoms with Gasteiger partial charge < -0.3 is 19.5 Å². The minimum atomic E-state index is 0.176. The monoisotopic (exact) mass is 287 g/mol. The summed E-state index contributed by atoms with van der Waals surface area (Å²) in [7, 11) is 3.18. The van der Waals surface area contributed by atoms with Crippen molar-refractivity contribution in [2.75, 3.05) is 27.6 Å². The zero-order valence-corrected chi connectivity index (χ0v) is 12.7. The van der Waals surface area contributed by atoms with Crippen LogP contribution in [0.2, 0.25) is 5.02 Å². The summed E-state index contributed by atoms with van der Waals surface area (Å²) in [5, 5.41) is 3.99. The summed E-state index contributed by atoms with van der Waals surface area (Å²) in [5.41, 5.74) is 0.960. The summed E-state index contributed by atoms with van der Waals surface area (Å²) < 4.78 is 15.8. The Morgan fingerprint density at radius 1 is 1.26 bits per heavy atom. The van der Waals surface area contributed by atoms with Gasteiger partial charge >= 0.3 is 0 Å². The first-order valence-corrected chi connectivity index (χ1v) is 6.65. The first-order chi connectivity index (χ1) is 9.08. The molecule has 5 heteroatoms. The van der Waals surface area contributed by atoms with Crippen LogP contribution >= 0.6 is 11.6 Å². The van der Waals surface area contributed by atoms with E-state index in [-0.39, 0.29) is 6.79 Å². The first kappa shape index (κ1) is 16.1. The van der Waals surface area contributed by atoms with E-state index in [4.69, 9.17) is 25.8 Å². The molecule has 0 saturated heterocycles. The number of hydrogen-bond acceptors (Lipinski definition) is 4. The van der Waals surface area contributed by atoms with Crippen molar-refractivity contribution in [1.29, 1.82) is 0 Å². The summed E-state index contributed by atoms with van der Waals surface area (Å²) in [6.07, 6.45) is 0.